The number of sulfonamides is 1. The summed E-state index contributed by atoms with van der Waals surface area (Å²) in [5.74, 6) is 2.61. The van der Waals surface area contributed by atoms with E-state index >= 15 is 0 Å². The van der Waals surface area contributed by atoms with Gasteiger partial charge in [-0.15, -0.1) is 0 Å². The van der Waals surface area contributed by atoms with Crippen LogP contribution in [0, 0.1) is 11.8 Å². The molecule has 0 spiro atoms. The first-order valence-electron chi connectivity index (χ1n) is 10.1. The molecule has 1 heterocycles. The van der Waals surface area contributed by atoms with Crippen molar-refractivity contribution >= 4 is 21.6 Å². The van der Waals surface area contributed by atoms with Crippen LogP contribution in [0.1, 0.15) is 38.5 Å². The van der Waals surface area contributed by atoms with Crippen molar-refractivity contribution in [3.8, 4) is 11.5 Å². The van der Waals surface area contributed by atoms with Crippen LogP contribution >= 0.6 is 0 Å². The number of carbonyl (C=O) groups is 1. The summed E-state index contributed by atoms with van der Waals surface area (Å²) in [6, 6.07) is 5.44. The van der Waals surface area contributed by atoms with Crippen LogP contribution in [0.3, 0.4) is 0 Å². The number of nitrogens with zero attached hydrogens (tertiary/aromatic N) is 1. The first-order valence-corrected chi connectivity index (χ1v) is 11.9. The predicted molar refractivity (Wildman–Crippen MR) is 106 cm³/mol. The molecule has 0 saturated heterocycles. The van der Waals surface area contributed by atoms with Gasteiger partial charge in [-0.25, -0.2) is 8.42 Å². The van der Waals surface area contributed by atoms with E-state index in [4.69, 9.17) is 9.47 Å². The summed E-state index contributed by atoms with van der Waals surface area (Å²) >= 11 is 0. The fourth-order valence-corrected chi connectivity index (χ4v) is 5.71. The first kappa shape index (κ1) is 19.4. The van der Waals surface area contributed by atoms with E-state index in [0.717, 1.165) is 12.3 Å². The van der Waals surface area contributed by atoms with Gasteiger partial charge in [0.1, 0.15) is 13.2 Å². The second-order valence-corrected chi connectivity index (χ2v) is 10.0. The van der Waals surface area contributed by atoms with Gasteiger partial charge in [-0.2, -0.15) is 0 Å². The number of anilines is 1. The van der Waals surface area contributed by atoms with Gasteiger partial charge in [-0.05, 0) is 49.7 Å². The predicted octanol–water partition coefficient (Wildman–Crippen LogP) is 2.31. The van der Waals surface area contributed by atoms with Crippen LogP contribution in [0.25, 0.3) is 0 Å². The SMILES string of the molecule is CS(=O)(=O)N(CCCC(=O)N[C@@H]1C[C@H]2CC[C@H]1C2)c1ccc2c(c1)OCCO2. The maximum atomic E-state index is 12.3. The third kappa shape index (κ3) is 4.21. The molecule has 2 aliphatic carbocycles. The number of hydrogen-bond donors (Lipinski definition) is 1. The van der Waals surface area contributed by atoms with Crippen molar-refractivity contribution in [1.82, 2.24) is 5.32 Å². The minimum Gasteiger partial charge on any atom is -0.486 e. The number of nitrogens with one attached hydrogen (secondary N) is 1. The molecule has 0 radical (unpaired) electrons. The van der Waals surface area contributed by atoms with E-state index in [0.29, 0.717) is 55.2 Å². The molecule has 2 bridgehead atoms. The molecular weight excluding hydrogens is 380 g/mol. The number of carbonyl (C=O) groups excluding carboxylic acids is 1. The number of ether oxygens (including phenoxy) is 2. The number of benzene rings is 1. The molecule has 1 aromatic carbocycles. The minimum absolute atomic E-state index is 0.0215. The lowest BCUT2D eigenvalue weighted by Gasteiger charge is -2.25. The summed E-state index contributed by atoms with van der Waals surface area (Å²) < 4.78 is 37.0. The van der Waals surface area contributed by atoms with E-state index in [1.165, 1.54) is 29.8 Å². The summed E-state index contributed by atoms with van der Waals surface area (Å²) in [6.07, 6.45) is 6.84. The Bertz CT molecular complexity index is 841. The molecule has 1 amide bonds. The van der Waals surface area contributed by atoms with Crippen molar-refractivity contribution in [3.63, 3.8) is 0 Å². The van der Waals surface area contributed by atoms with Crippen molar-refractivity contribution in [3.05, 3.63) is 18.2 Å². The summed E-state index contributed by atoms with van der Waals surface area (Å²) in [4.78, 5) is 12.3. The molecule has 0 unspecified atom stereocenters. The second-order valence-electron chi connectivity index (χ2n) is 8.12. The number of fused-ring (bicyclic) bond motifs is 3. The van der Waals surface area contributed by atoms with Crippen LogP contribution < -0.4 is 19.1 Å². The highest BCUT2D eigenvalue weighted by molar-refractivity contribution is 7.92. The van der Waals surface area contributed by atoms with Crippen LogP contribution in [-0.2, 0) is 14.8 Å². The van der Waals surface area contributed by atoms with Crippen LogP contribution in [0.4, 0.5) is 5.69 Å². The molecule has 8 heteroatoms. The van der Waals surface area contributed by atoms with Gasteiger partial charge in [-0.3, -0.25) is 9.10 Å². The Labute approximate surface area is 166 Å². The third-order valence-electron chi connectivity index (χ3n) is 6.06. The molecule has 28 heavy (non-hydrogen) atoms. The summed E-state index contributed by atoms with van der Waals surface area (Å²) in [5.41, 5.74) is 0.528. The standard InChI is InChI=1S/C20H28N2O5S/c1-28(24,25)22(16-6-7-18-19(13-16)27-10-9-26-18)8-2-3-20(23)21-17-12-14-4-5-15(17)11-14/h6-7,13-15,17H,2-5,8-12H2,1H3,(H,21,23)/t14-,15-,17+/m0/s1. The van der Waals surface area contributed by atoms with Crippen molar-refractivity contribution < 1.29 is 22.7 Å². The Kier molecular flexibility index (Phi) is 5.40. The van der Waals surface area contributed by atoms with Crippen LogP contribution in [0.2, 0.25) is 0 Å². The molecule has 2 fully saturated rings. The zero-order chi connectivity index (χ0) is 19.7. The van der Waals surface area contributed by atoms with Gasteiger partial charge in [0.05, 0.1) is 11.9 Å². The van der Waals surface area contributed by atoms with E-state index < -0.39 is 10.0 Å². The zero-order valence-corrected chi connectivity index (χ0v) is 17.0. The van der Waals surface area contributed by atoms with Gasteiger partial charge in [0.15, 0.2) is 11.5 Å². The van der Waals surface area contributed by atoms with E-state index in [1.807, 2.05) is 0 Å². The monoisotopic (exact) mass is 408 g/mol. The molecule has 154 valence electrons. The zero-order valence-electron chi connectivity index (χ0n) is 16.2. The number of amides is 1. The van der Waals surface area contributed by atoms with Crippen molar-refractivity contribution in [2.24, 2.45) is 11.8 Å². The lowest BCUT2D eigenvalue weighted by atomic mass is 9.95. The smallest absolute Gasteiger partial charge is 0.232 e. The molecule has 1 aromatic rings. The molecular formula is C20H28N2O5S. The van der Waals surface area contributed by atoms with Gasteiger partial charge in [-0.1, -0.05) is 6.42 Å². The fraction of sp³-hybridized carbons (Fsp3) is 0.650. The molecule has 7 nitrogen and oxygen atoms in total. The maximum Gasteiger partial charge on any atom is 0.232 e. The summed E-state index contributed by atoms with van der Waals surface area (Å²) in [6.45, 7) is 1.18. The van der Waals surface area contributed by atoms with Crippen LogP contribution in [0.15, 0.2) is 18.2 Å². The molecule has 2 saturated carbocycles. The molecule has 0 aromatic heterocycles. The van der Waals surface area contributed by atoms with Gasteiger partial charge in [0.25, 0.3) is 0 Å². The Hall–Kier alpha value is -1.96. The molecule has 3 aliphatic rings. The average molecular weight is 409 g/mol. The Morgan fingerprint density at radius 1 is 1.18 bits per heavy atom. The average Bonchev–Trinajstić information content (AvgIpc) is 3.27. The van der Waals surface area contributed by atoms with Crippen molar-refractivity contribution in [2.75, 3.05) is 30.3 Å². The minimum atomic E-state index is -3.47. The van der Waals surface area contributed by atoms with Gasteiger partial charge < -0.3 is 14.8 Å². The molecule has 4 rings (SSSR count). The molecule has 1 N–H and O–H groups in total. The lowest BCUT2D eigenvalue weighted by molar-refractivity contribution is -0.122. The maximum absolute atomic E-state index is 12.3. The van der Waals surface area contributed by atoms with E-state index in [1.54, 1.807) is 18.2 Å². The highest BCUT2D eigenvalue weighted by Gasteiger charge is 2.39. The fourth-order valence-electron chi connectivity index (χ4n) is 4.76. The third-order valence-corrected chi connectivity index (χ3v) is 7.26. The first-order chi connectivity index (χ1) is 13.4. The van der Waals surface area contributed by atoms with Crippen molar-refractivity contribution in [2.45, 2.75) is 44.6 Å². The van der Waals surface area contributed by atoms with E-state index in [9.17, 15) is 13.2 Å². The number of hydrogen-bond acceptors (Lipinski definition) is 5. The van der Waals surface area contributed by atoms with Crippen molar-refractivity contribution in [1.29, 1.82) is 0 Å². The second kappa shape index (κ2) is 7.81. The Balaban J connectivity index is 1.34. The summed E-state index contributed by atoms with van der Waals surface area (Å²) in [5, 5.41) is 3.16. The Morgan fingerprint density at radius 2 is 1.96 bits per heavy atom. The van der Waals surface area contributed by atoms with E-state index in [-0.39, 0.29) is 12.5 Å². The van der Waals surface area contributed by atoms with Crippen LogP contribution in [-0.4, -0.2) is 46.4 Å². The van der Waals surface area contributed by atoms with Gasteiger partial charge in [0.2, 0.25) is 15.9 Å². The Morgan fingerprint density at radius 3 is 2.64 bits per heavy atom. The lowest BCUT2D eigenvalue weighted by Crippen LogP contribution is -2.39. The van der Waals surface area contributed by atoms with Gasteiger partial charge in [0, 0.05) is 25.1 Å². The van der Waals surface area contributed by atoms with Crippen LogP contribution in [0.5, 0.6) is 11.5 Å². The highest BCUT2D eigenvalue weighted by Crippen LogP contribution is 2.44. The number of rotatable bonds is 7. The van der Waals surface area contributed by atoms with E-state index in [2.05, 4.69) is 5.32 Å². The molecule has 3 atom stereocenters. The summed E-state index contributed by atoms with van der Waals surface area (Å²) in [7, 11) is -3.47. The quantitative estimate of drug-likeness (QED) is 0.748. The largest absolute Gasteiger partial charge is 0.486 e. The topological polar surface area (TPSA) is 84.9 Å². The molecule has 1 aliphatic heterocycles. The highest BCUT2D eigenvalue weighted by atomic mass is 32.2. The normalized spacial score (nSPS) is 25.5. The van der Waals surface area contributed by atoms with Gasteiger partial charge >= 0.3 is 0 Å².